The first-order valence-corrected chi connectivity index (χ1v) is 12.4. The van der Waals surface area contributed by atoms with Gasteiger partial charge in [0.2, 0.25) is 10.0 Å². The number of hydrogen-bond donors (Lipinski definition) is 1. The minimum absolute atomic E-state index is 0.0527. The van der Waals surface area contributed by atoms with Crippen molar-refractivity contribution in [3.63, 3.8) is 0 Å². The molecule has 34 heavy (non-hydrogen) atoms. The highest BCUT2D eigenvalue weighted by atomic mass is 32.2. The molecule has 0 aliphatic rings. The first kappa shape index (κ1) is 25.1. The van der Waals surface area contributed by atoms with E-state index in [4.69, 9.17) is 4.74 Å². The third kappa shape index (κ3) is 7.83. The Bertz CT molecular complexity index is 1180. The predicted octanol–water partition coefficient (Wildman–Crippen LogP) is 3.09. The number of nitrogens with one attached hydrogen (secondary N) is 1. The minimum Gasteiger partial charge on any atom is -0.455 e. The van der Waals surface area contributed by atoms with Gasteiger partial charge in [-0.1, -0.05) is 78.4 Å². The van der Waals surface area contributed by atoms with Crippen LogP contribution in [0.4, 0.5) is 0 Å². The van der Waals surface area contributed by atoms with Crippen molar-refractivity contribution in [3.05, 3.63) is 102 Å². The highest BCUT2D eigenvalue weighted by Gasteiger charge is 2.19. The van der Waals surface area contributed by atoms with Gasteiger partial charge in [-0.05, 0) is 36.6 Å². The van der Waals surface area contributed by atoms with Crippen molar-refractivity contribution < 1.29 is 22.7 Å². The van der Waals surface area contributed by atoms with Gasteiger partial charge in [-0.25, -0.2) is 8.42 Å². The maximum Gasteiger partial charge on any atom is 0.321 e. The van der Waals surface area contributed by atoms with E-state index in [2.05, 4.69) is 4.72 Å². The number of sulfonamides is 1. The molecule has 1 amide bonds. The summed E-state index contributed by atoms with van der Waals surface area (Å²) < 4.78 is 31.9. The zero-order chi connectivity index (χ0) is 24.4. The van der Waals surface area contributed by atoms with Gasteiger partial charge in [0.25, 0.3) is 5.91 Å². The number of carbonyl (C=O) groups excluding carboxylic acids is 2. The largest absolute Gasteiger partial charge is 0.455 e. The van der Waals surface area contributed by atoms with Crippen LogP contribution in [0.3, 0.4) is 0 Å². The van der Waals surface area contributed by atoms with E-state index >= 15 is 0 Å². The molecule has 178 valence electrons. The molecule has 7 nitrogen and oxygen atoms in total. The molecule has 3 aromatic rings. The molecule has 8 heteroatoms. The van der Waals surface area contributed by atoms with E-state index in [0.29, 0.717) is 19.5 Å². The Balaban J connectivity index is 1.54. The number of rotatable bonds is 11. The van der Waals surface area contributed by atoms with E-state index in [1.54, 1.807) is 17.0 Å². The second-order valence-corrected chi connectivity index (χ2v) is 9.60. The van der Waals surface area contributed by atoms with Crippen molar-refractivity contribution in [1.82, 2.24) is 9.62 Å². The topological polar surface area (TPSA) is 92.8 Å². The molecule has 0 aliphatic carbocycles. The van der Waals surface area contributed by atoms with Gasteiger partial charge in [0, 0.05) is 13.1 Å². The lowest BCUT2D eigenvalue weighted by Gasteiger charge is -2.23. The van der Waals surface area contributed by atoms with Crippen molar-refractivity contribution in [2.24, 2.45) is 0 Å². The predicted molar refractivity (Wildman–Crippen MR) is 129 cm³/mol. The van der Waals surface area contributed by atoms with Gasteiger partial charge in [-0.2, -0.15) is 4.72 Å². The molecule has 0 bridgehead atoms. The first-order chi connectivity index (χ1) is 16.3. The molecule has 0 fully saturated rings. The number of ether oxygens (including phenoxy) is 1. The molecule has 3 aromatic carbocycles. The summed E-state index contributed by atoms with van der Waals surface area (Å²) in [6, 6.07) is 25.6. The van der Waals surface area contributed by atoms with Gasteiger partial charge in [-0.15, -0.1) is 0 Å². The highest BCUT2D eigenvalue weighted by molar-refractivity contribution is 7.89. The molecule has 0 aromatic heterocycles. The number of esters is 1. The van der Waals surface area contributed by atoms with E-state index in [9.17, 15) is 18.0 Å². The summed E-state index contributed by atoms with van der Waals surface area (Å²) in [4.78, 5) is 26.6. The van der Waals surface area contributed by atoms with Gasteiger partial charge in [0.15, 0.2) is 6.61 Å². The second kappa shape index (κ2) is 12.1. The Kier molecular flexibility index (Phi) is 8.95. The Hall–Kier alpha value is -3.49. The fraction of sp³-hybridized carbons (Fsp3) is 0.231. The van der Waals surface area contributed by atoms with Gasteiger partial charge >= 0.3 is 5.97 Å². The Labute approximate surface area is 200 Å². The van der Waals surface area contributed by atoms with Gasteiger partial charge in [-0.3, -0.25) is 9.59 Å². The zero-order valence-electron chi connectivity index (χ0n) is 19.0. The number of amides is 1. The number of carbonyl (C=O) groups is 2. The molecule has 0 aliphatic heterocycles. The molecule has 1 N–H and O–H groups in total. The lowest BCUT2D eigenvalue weighted by atomic mass is 10.1. The van der Waals surface area contributed by atoms with Gasteiger partial charge in [0.05, 0.1) is 4.90 Å². The zero-order valence-corrected chi connectivity index (χ0v) is 19.8. The van der Waals surface area contributed by atoms with Crippen LogP contribution in [0, 0.1) is 6.92 Å². The molecular weight excluding hydrogens is 452 g/mol. The number of nitrogens with zero attached hydrogens (tertiary/aromatic N) is 1. The van der Waals surface area contributed by atoms with Crippen molar-refractivity contribution in [2.75, 3.05) is 19.7 Å². The highest BCUT2D eigenvalue weighted by Crippen LogP contribution is 2.10. The van der Waals surface area contributed by atoms with Crippen LogP contribution in [0.1, 0.15) is 16.7 Å². The van der Waals surface area contributed by atoms with Crippen LogP contribution in [0.15, 0.2) is 89.8 Å². The maximum absolute atomic E-state index is 12.8. The number of aryl methyl sites for hydroxylation is 1. The van der Waals surface area contributed by atoms with Crippen molar-refractivity contribution in [2.45, 2.75) is 24.8 Å². The monoisotopic (exact) mass is 480 g/mol. The van der Waals surface area contributed by atoms with Gasteiger partial charge < -0.3 is 9.64 Å². The summed E-state index contributed by atoms with van der Waals surface area (Å²) >= 11 is 0. The van der Waals surface area contributed by atoms with Crippen LogP contribution in [-0.2, 0) is 37.3 Å². The minimum atomic E-state index is -3.85. The van der Waals surface area contributed by atoms with E-state index in [1.807, 2.05) is 67.6 Å². The third-order valence-corrected chi connectivity index (χ3v) is 6.59. The van der Waals surface area contributed by atoms with E-state index < -0.39 is 29.1 Å². The summed E-state index contributed by atoms with van der Waals surface area (Å²) in [5.74, 6) is -1.18. The third-order valence-electron chi connectivity index (χ3n) is 5.18. The average molecular weight is 481 g/mol. The molecular formula is C26H28N2O5S. The van der Waals surface area contributed by atoms with Crippen LogP contribution in [0.25, 0.3) is 0 Å². The summed E-state index contributed by atoms with van der Waals surface area (Å²) in [7, 11) is -3.85. The number of benzene rings is 3. The molecule has 0 radical (unpaired) electrons. The number of hydrogen-bond acceptors (Lipinski definition) is 5. The molecule has 0 spiro atoms. The Morgan fingerprint density at radius 2 is 1.44 bits per heavy atom. The molecule has 0 saturated carbocycles. The molecule has 0 heterocycles. The van der Waals surface area contributed by atoms with E-state index in [-0.39, 0.29) is 10.8 Å². The SMILES string of the molecule is Cc1ccc(S(=O)(=O)NCC(=O)OCC(=O)N(CCc2ccccc2)Cc2ccccc2)cc1. The summed E-state index contributed by atoms with van der Waals surface area (Å²) in [5, 5.41) is 0. The Morgan fingerprint density at radius 3 is 2.06 bits per heavy atom. The summed E-state index contributed by atoms with van der Waals surface area (Å²) in [6.07, 6.45) is 0.656. The van der Waals surface area contributed by atoms with E-state index in [0.717, 1.165) is 16.7 Å². The van der Waals surface area contributed by atoms with Crippen LogP contribution in [0.5, 0.6) is 0 Å². The van der Waals surface area contributed by atoms with Crippen molar-refractivity contribution >= 4 is 21.9 Å². The van der Waals surface area contributed by atoms with Crippen LogP contribution in [-0.4, -0.2) is 44.9 Å². The lowest BCUT2D eigenvalue weighted by Crippen LogP contribution is -2.37. The average Bonchev–Trinajstić information content (AvgIpc) is 2.85. The molecule has 0 unspecified atom stereocenters. The maximum atomic E-state index is 12.8. The van der Waals surface area contributed by atoms with E-state index in [1.165, 1.54) is 12.1 Å². The fourth-order valence-electron chi connectivity index (χ4n) is 3.24. The Morgan fingerprint density at radius 1 is 0.853 bits per heavy atom. The standard InChI is InChI=1S/C26H28N2O5S/c1-21-12-14-24(15-13-21)34(31,32)27-18-26(30)33-20-25(29)28(19-23-10-6-3-7-11-23)17-16-22-8-4-2-5-9-22/h2-15,27H,16-20H2,1H3. The first-order valence-electron chi connectivity index (χ1n) is 10.9. The molecule has 0 saturated heterocycles. The summed E-state index contributed by atoms with van der Waals surface area (Å²) in [5.41, 5.74) is 2.97. The van der Waals surface area contributed by atoms with Gasteiger partial charge in [0.1, 0.15) is 6.54 Å². The molecule has 0 atom stereocenters. The molecule has 3 rings (SSSR count). The van der Waals surface area contributed by atoms with Crippen LogP contribution < -0.4 is 4.72 Å². The van der Waals surface area contributed by atoms with Crippen LogP contribution in [0.2, 0.25) is 0 Å². The summed E-state index contributed by atoms with van der Waals surface area (Å²) in [6.45, 7) is 1.65. The fourth-order valence-corrected chi connectivity index (χ4v) is 4.21. The second-order valence-electron chi connectivity index (χ2n) is 7.83. The lowest BCUT2D eigenvalue weighted by molar-refractivity contribution is -0.151. The van der Waals surface area contributed by atoms with Crippen molar-refractivity contribution in [1.29, 1.82) is 0 Å². The van der Waals surface area contributed by atoms with Crippen molar-refractivity contribution in [3.8, 4) is 0 Å². The quantitative estimate of drug-likeness (QED) is 0.426. The van der Waals surface area contributed by atoms with Crippen LogP contribution >= 0.6 is 0 Å². The normalized spacial score (nSPS) is 11.1. The smallest absolute Gasteiger partial charge is 0.321 e.